The summed E-state index contributed by atoms with van der Waals surface area (Å²) in [6.45, 7) is 0. The molecule has 1 rings (SSSR count). The van der Waals surface area contributed by atoms with Crippen molar-refractivity contribution in [2.45, 2.75) is 0 Å². The zero-order valence-corrected chi connectivity index (χ0v) is 11.4. The van der Waals surface area contributed by atoms with Crippen LogP contribution in [0.5, 0.6) is 0 Å². The smallest absolute Gasteiger partial charge is 0.652 e. The van der Waals surface area contributed by atoms with Crippen molar-refractivity contribution in [3.63, 3.8) is 0 Å². The fourth-order valence-corrected chi connectivity index (χ4v) is 0.377. The normalized spacial score (nSPS) is 6.46. The Morgan fingerprint density at radius 1 is 1.23 bits per heavy atom. The van der Waals surface area contributed by atoms with Gasteiger partial charge in [-0.1, -0.05) is 6.07 Å². The van der Waals surface area contributed by atoms with Crippen LogP contribution in [-0.4, -0.2) is 11.1 Å². The van der Waals surface area contributed by atoms with Gasteiger partial charge in [0.1, 0.15) is 0 Å². The van der Waals surface area contributed by atoms with Gasteiger partial charge >= 0.3 is 59.1 Å². The van der Waals surface area contributed by atoms with Crippen LogP contribution in [0.25, 0.3) is 0 Å². The molecule has 0 spiro atoms. The Labute approximate surface area is 119 Å². The second-order valence-corrected chi connectivity index (χ2v) is 1.48. The Kier molecular flexibility index (Phi) is 17.8. The second kappa shape index (κ2) is 12.2. The van der Waals surface area contributed by atoms with E-state index in [4.69, 9.17) is 15.0 Å². The largest absolute Gasteiger partial charge is 1.00 e. The van der Waals surface area contributed by atoms with E-state index in [-0.39, 0.29) is 64.7 Å². The zero-order valence-electron chi connectivity index (χ0n) is 7.44. The van der Waals surface area contributed by atoms with Gasteiger partial charge in [0.05, 0.1) is 0 Å². The van der Waals surface area contributed by atoms with Gasteiger partial charge in [-0.2, -0.15) is 0 Å². The molecule has 0 amide bonds. The van der Waals surface area contributed by atoms with E-state index in [0.29, 0.717) is 0 Å². The van der Waals surface area contributed by atoms with Crippen LogP contribution in [0.1, 0.15) is 0 Å². The topological polar surface area (TPSA) is 96.0 Å². The third-order valence-corrected chi connectivity index (χ3v) is 0.681. The van der Waals surface area contributed by atoms with Crippen molar-refractivity contribution < 1.29 is 74.1 Å². The Morgan fingerprint density at radius 2 is 1.69 bits per heavy atom. The molecule has 0 aromatic carbocycles. The van der Waals surface area contributed by atoms with Gasteiger partial charge in [0.15, 0.2) is 0 Å². The van der Waals surface area contributed by atoms with Gasteiger partial charge in [-0.05, 0) is 12.2 Å². The molecule has 13 heavy (non-hydrogen) atoms. The number of rotatable bonds is 0. The number of hydrogen-bond donors (Lipinski definition) is 1. The van der Waals surface area contributed by atoms with E-state index in [0.717, 1.165) is 0 Å². The fourth-order valence-electron chi connectivity index (χ4n) is 0.377. The Bertz CT molecular complexity index is 254. The molecule has 1 aromatic heterocycles. The molecular formula is C6H5NNa2O4. The van der Waals surface area contributed by atoms with Gasteiger partial charge in [-0.15, -0.1) is 0 Å². The fraction of sp³-hybridized carbons (Fsp3) is 0. The summed E-state index contributed by atoms with van der Waals surface area (Å²) in [4.78, 5) is 21.0. The minimum absolute atomic E-state index is 0. The van der Waals surface area contributed by atoms with Crippen LogP contribution in [0, 0.1) is 0 Å². The standard InChI is InChI=1S/C5H5NO.CH2O3.2Na/c7-5-3-1-2-4-6-5;2-1(3)4;;/h1-4H,(H,6,7);(H2,2,3,4);;/q;;2*+1/p-2. The Balaban J connectivity index is -0.000000150. The number of carboxylic acid groups (broad SMARTS) is 2. The summed E-state index contributed by atoms with van der Waals surface area (Å²) < 4.78 is 0. The van der Waals surface area contributed by atoms with Crippen LogP contribution in [-0.2, 0) is 0 Å². The molecule has 1 N–H and O–H groups in total. The first-order valence-corrected chi connectivity index (χ1v) is 2.64. The monoisotopic (exact) mass is 201 g/mol. The summed E-state index contributed by atoms with van der Waals surface area (Å²) in [6.07, 6.45) is -0.734. The average Bonchev–Trinajstić information content (AvgIpc) is 1.87. The minimum Gasteiger partial charge on any atom is -0.652 e. The summed E-state index contributed by atoms with van der Waals surface area (Å²) in [6, 6.07) is 4.93. The summed E-state index contributed by atoms with van der Waals surface area (Å²) in [7, 11) is 0. The van der Waals surface area contributed by atoms with Crippen LogP contribution >= 0.6 is 0 Å². The van der Waals surface area contributed by atoms with Crippen molar-refractivity contribution >= 4 is 6.16 Å². The Morgan fingerprint density at radius 3 is 1.85 bits per heavy atom. The van der Waals surface area contributed by atoms with Gasteiger partial charge in [0.25, 0.3) is 0 Å². The molecule has 1 aromatic rings. The van der Waals surface area contributed by atoms with Crippen LogP contribution in [0.15, 0.2) is 29.2 Å². The maximum atomic E-state index is 10.2. The molecule has 5 nitrogen and oxygen atoms in total. The molecule has 0 aliphatic carbocycles. The molecular weight excluding hydrogens is 196 g/mol. The van der Waals surface area contributed by atoms with Gasteiger partial charge < -0.3 is 20.0 Å². The van der Waals surface area contributed by atoms with Gasteiger partial charge in [0, 0.05) is 12.3 Å². The van der Waals surface area contributed by atoms with E-state index in [2.05, 4.69) is 4.98 Å². The predicted molar refractivity (Wildman–Crippen MR) is 32.5 cm³/mol. The molecule has 0 saturated carbocycles. The summed E-state index contributed by atoms with van der Waals surface area (Å²) in [5.74, 6) is 0. The van der Waals surface area contributed by atoms with E-state index >= 15 is 0 Å². The van der Waals surface area contributed by atoms with Gasteiger partial charge in [0.2, 0.25) is 5.56 Å². The number of aromatic nitrogens is 1. The van der Waals surface area contributed by atoms with E-state index in [1.54, 1.807) is 18.3 Å². The maximum Gasteiger partial charge on any atom is 1.00 e. The van der Waals surface area contributed by atoms with Crippen LogP contribution in [0.4, 0.5) is 4.79 Å². The molecule has 0 fully saturated rings. The van der Waals surface area contributed by atoms with Crippen molar-refractivity contribution in [2.24, 2.45) is 0 Å². The van der Waals surface area contributed by atoms with Crippen molar-refractivity contribution in [2.75, 3.05) is 0 Å². The SMILES string of the molecule is O=C([O-])[O-].O=c1cccc[nH]1.[Na+].[Na+]. The van der Waals surface area contributed by atoms with E-state index in [1.807, 2.05) is 0 Å². The molecule has 0 atom stereocenters. The van der Waals surface area contributed by atoms with Crippen molar-refractivity contribution in [3.05, 3.63) is 34.7 Å². The van der Waals surface area contributed by atoms with E-state index < -0.39 is 6.16 Å². The molecule has 0 radical (unpaired) electrons. The molecule has 1 heterocycles. The summed E-state index contributed by atoms with van der Waals surface area (Å²) >= 11 is 0. The molecule has 0 aliphatic rings. The zero-order chi connectivity index (χ0) is 8.69. The van der Waals surface area contributed by atoms with Crippen molar-refractivity contribution in [3.8, 4) is 0 Å². The first-order valence-electron chi connectivity index (χ1n) is 2.64. The molecule has 0 bridgehead atoms. The molecule has 0 unspecified atom stereocenters. The van der Waals surface area contributed by atoms with Gasteiger partial charge in [-0.3, -0.25) is 4.79 Å². The molecule has 0 saturated heterocycles. The minimum atomic E-state index is -2.33. The second-order valence-electron chi connectivity index (χ2n) is 1.48. The summed E-state index contributed by atoms with van der Waals surface area (Å²) in [5, 5.41) is 16.7. The van der Waals surface area contributed by atoms with Crippen LogP contribution in [0.2, 0.25) is 0 Å². The Hall–Kier alpha value is 0.220. The van der Waals surface area contributed by atoms with Gasteiger partial charge in [-0.25, -0.2) is 0 Å². The van der Waals surface area contributed by atoms with Crippen LogP contribution < -0.4 is 74.9 Å². The summed E-state index contributed by atoms with van der Waals surface area (Å²) in [5.41, 5.74) is -0.0532. The number of pyridine rings is 1. The number of carbonyl (C=O) groups excluding carboxylic acids is 1. The number of hydrogen-bond acceptors (Lipinski definition) is 4. The third kappa shape index (κ3) is 18.9. The van der Waals surface area contributed by atoms with Crippen molar-refractivity contribution in [1.82, 2.24) is 4.98 Å². The first-order chi connectivity index (χ1) is 5.13. The van der Waals surface area contributed by atoms with E-state index in [9.17, 15) is 4.79 Å². The van der Waals surface area contributed by atoms with Crippen molar-refractivity contribution in [1.29, 1.82) is 0 Å². The van der Waals surface area contributed by atoms with Crippen LogP contribution in [0.3, 0.4) is 0 Å². The predicted octanol–water partition coefficient (Wildman–Crippen LogP) is -8.06. The third-order valence-electron chi connectivity index (χ3n) is 0.681. The quantitative estimate of drug-likeness (QED) is 0.421. The number of H-pyrrole nitrogens is 1. The number of carbonyl (C=O) groups is 1. The molecule has 7 heteroatoms. The number of aromatic amines is 1. The molecule has 60 valence electrons. The first kappa shape index (κ1) is 18.9. The number of nitrogens with one attached hydrogen (secondary N) is 1. The maximum absolute atomic E-state index is 10.2. The molecule has 0 aliphatic heterocycles. The van der Waals surface area contributed by atoms with E-state index in [1.165, 1.54) is 6.07 Å². The average molecular weight is 201 g/mol.